The molecule has 0 aliphatic carbocycles. The molecule has 1 rings (SSSR count). The molecule has 0 aromatic heterocycles. The maximum atomic E-state index is 11.3. The molecule has 5 nitrogen and oxygen atoms in total. The molecule has 5 heteroatoms. The number of hydrogen-bond donors (Lipinski definition) is 2. The van der Waals surface area contributed by atoms with Gasteiger partial charge < -0.3 is 15.2 Å². The molecular weight excluding hydrogens is 208 g/mol. The van der Waals surface area contributed by atoms with E-state index in [4.69, 9.17) is 9.84 Å². The van der Waals surface area contributed by atoms with Crippen molar-refractivity contribution in [2.45, 2.75) is 25.4 Å². The summed E-state index contributed by atoms with van der Waals surface area (Å²) in [6, 6.07) is 0. The van der Waals surface area contributed by atoms with Crippen LogP contribution in [0.25, 0.3) is 0 Å². The van der Waals surface area contributed by atoms with Crippen molar-refractivity contribution in [1.82, 2.24) is 10.2 Å². The monoisotopic (exact) mass is 230 g/mol. The lowest BCUT2D eigenvalue weighted by Crippen LogP contribution is -2.40. The summed E-state index contributed by atoms with van der Waals surface area (Å²) in [5.41, 5.74) is 0. The molecule has 1 aliphatic heterocycles. The van der Waals surface area contributed by atoms with Crippen molar-refractivity contribution in [2.75, 3.05) is 39.9 Å². The quantitative estimate of drug-likeness (QED) is 0.651. The van der Waals surface area contributed by atoms with Gasteiger partial charge in [-0.1, -0.05) is 0 Å². The zero-order valence-electron chi connectivity index (χ0n) is 9.95. The van der Waals surface area contributed by atoms with Gasteiger partial charge in [0, 0.05) is 19.7 Å². The van der Waals surface area contributed by atoms with E-state index in [1.807, 2.05) is 11.9 Å². The molecule has 2 N–H and O–H groups in total. The maximum Gasteiger partial charge on any atom is 0.234 e. The SMILES string of the molecule is CN(CC(=O)NCCO)CC1CCCCO1. The fraction of sp³-hybridized carbons (Fsp3) is 0.909. The second-order valence-corrected chi connectivity index (χ2v) is 4.26. The number of aliphatic hydroxyl groups excluding tert-OH is 1. The van der Waals surface area contributed by atoms with Crippen molar-refractivity contribution in [3.05, 3.63) is 0 Å². The lowest BCUT2D eigenvalue weighted by molar-refractivity contribution is -0.122. The highest BCUT2D eigenvalue weighted by Crippen LogP contribution is 2.13. The van der Waals surface area contributed by atoms with Crippen LogP contribution in [0.4, 0.5) is 0 Å². The summed E-state index contributed by atoms with van der Waals surface area (Å²) in [5, 5.41) is 11.2. The van der Waals surface area contributed by atoms with Crippen molar-refractivity contribution < 1.29 is 14.6 Å². The topological polar surface area (TPSA) is 61.8 Å². The van der Waals surface area contributed by atoms with E-state index in [9.17, 15) is 4.79 Å². The van der Waals surface area contributed by atoms with E-state index in [0.717, 1.165) is 26.0 Å². The normalized spacial score (nSPS) is 21.1. The lowest BCUT2D eigenvalue weighted by Gasteiger charge is -2.27. The molecule has 94 valence electrons. The molecule has 0 radical (unpaired) electrons. The van der Waals surface area contributed by atoms with Crippen LogP contribution in [0.2, 0.25) is 0 Å². The molecule has 1 unspecified atom stereocenters. The molecule has 1 fully saturated rings. The molecule has 0 spiro atoms. The Hall–Kier alpha value is -0.650. The van der Waals surface area contributed by atoms with Crippen LogP contribution in [0.1, 0.15) is 19.3 Å². The van der Waals surface area contributed by atoms with Gasteiger partial charge in [0.25, 0.3) is 0 Å². The van der Waals surface area contributed by atoms with Crippen LogP contribution in [0.15, 0.2) is 0 Å². The van der Waals surface area contributed by atoms with Crippen molar-refractivity contribution in [2.24, 2.45) is 0 Å². The summed E-state index contributed by atoms with van der Waals surface area (Å²) < 4.78 is 5.60. The third kappa shape index (κ3) is 5.44. The van der Waals surface area contributed by atoms with Crippen LogP contribution in [-0.4, -0.2) is 61.9 Å². The molecule has 1 atom stereocenters. The van der Waals surface area contributed by atoms with Gasteiger partial charge >= 0.3 is 0 Å². The Kier molecular flexibility index (Phi) is 6.37. The fourth-order valence-electron chi connectivity index (χ4n) is 1.86. The zero-order chi connectivity index (χ0) is 11.8. The number of hydrogen-bond acceptors (Lipinski definition) is 4. The summed E-state index contributed by atoms with van der Waals surface area (Å²) in [4.78, 5) is 13.3. The number of aliphatic hydroxyl groups is 1. The number of amides is 1. The van der Waals surface area contributed by atoms with Gasteiger partial charge in [-0.05, 0) is 26.3 Å². The molecule has 1 amide bonds. The van der Waals surface area contributed by atoms with Gasteiger partial charge in [-0.3, -0.25) is 9.69 Å². The fourth-order valence-corrected chi connectivity index (χ4v) is 1.86. The Morgan fingerprint density at radius 1 is 1.56 bits per heavy atom. The number of nitrogens with one attached hydrogen (secondary N) is 1. The number of carbonyl (C=O) groups excluding carboxylic acids is 1. The summed E-state index contributed by atoms with van der Waals surface area (Å²) in [6.45, 7) is 2.31. The van der Waals surface area contributed by atoms with Gasteiger partial charge in [0.1, 0.15) is 0 Å². The van der Waals surface area contributed by atoms with Crippen molar-refractivity contribution in [1.29, 1.82) is 0 Å². The zero-order valence-corrected chi connectivity index (χ0v) is 9.95. The number of carbonyl (C=O) groups is 1. The van der Waals surface area contributed by atoms with Crippen LogP contribution in [0.5, 0.6) is 0 Å². The van der Waals surface area contributed by atoms with Gasteiger partial charge in [-0.2, -0.15) is 0 Å². The average molecular weight is 230 g/mol. The minimum atomic E-state index is -0.0487. The first kappa shape index (κ1) is 13.4. The molecule has 1 saturated heterocycles. The molecule has 1 heterocycles. The smallest absolute Gasteiger partial charge is 0.234 e. The van der Waals surface area contributed by atoms with E-state index in [1.165, 1.54) is 6.42 Å². The third-order valence-corrected chi connectivity index (χ3v) is 2.64. The molecule has 0 saturated carbocycles. The standard InChI is InChI=1S/C11H22N2O3/c1-13(9-11(15)12-5-6-14)8-10-4-2-3-7-16-10/h10,14H,2-9H2,1H3,(H,12,15). The molecule has 16 heavy (non-hydrogen) atoms. The van der Waals surface area contributed by atoms with Gasteiger partial charge in [0.05, 0.1) is 19.3 Å². The van der Waals surface area contributed by atoms with Gasteiger partial charge in [0.15, 0.2) is 0 Å². The Morgan fingerprint density at radius 2 is 2.38 bits per heavy atom. The average Bonchev–Trinajstić information content (AvgIpc) is 2.27. The van der Waals surface area contributed by atoms with Gasteiger partial charge in [0.2, 0.25) is 5.91 Å². The maximum absolute atomic E-state index is 11.3. The van der Waals surface area contributed by atoms with Gasteiger partial charge in [-0.15, -0.1) is 0 Å². The van der Waals surface area contributed by atoms with E-state index in [0.29, 0.717) is 13.1 Å². The van der Waals surface area contributed by atoms with E-state index in [1.54, 1.807) is 0 Å². The number of likely N-dealkylation sites (N-methyl/N-ethyl adjacent to an activating group) is 1. The Morgan fingerprint density at radius 3 is 3.00 bits per heavy atom. The summed E-state index contributed by atoms with van der Waals surface area (Å²) in [7, 11) is 1.91. The number of nitrogens with zero attached hydrogens (tertiary/aromatic N) is 1. The first-order chi connectivity index (χ1) is 7.72. The number of ether oxygens (including phenoxy) is 1. The lowest BCUT2D eigenvalue weighted by atomic mass is 10.1. The summed E-state index contributed by atoms with van der Waals surface area (Å²) >= 11 is 0. The first-order valence-corrected chi connectivity index (χ1v) is 5.90. The molecule has 0 aromatic carbocycles. The molecule has 1 aliphatic rings. The minimum absolute atomic E-state index is 0.0127. The van der Waals surface area contributed by atoms with Crippen molar-refractivity contribution in [3.63, 3.8) is 0 Å². The van der Waals surface area contributed by atoms with Crippen LogP contribution < -0.4 is 5.32 Å². The highest BCUT2D eigenvalue weighted by atomic mass is 16.5. The van der Waals surface area contributed by atoms with E-state index in [-0.39, 0.29) is 18.6 Å². The molecular formula is C11H22N2O3. The van der Waals surface area contributed by atoms with Crippen molar-refractivity contribution >= 4 is 5.91 Å². The predicted octanol–water partition coefficient (Wildman–Crippen LogP) is -0.404. The van der Waals surface area contributed by atoms with E-state index in [2.05, 4.69) is 5.32 Å². The highest BCUT2D eigenvalue weighted by Gasteiger charge is 2.16. The summed E-state index contributed by atoms with van der Waals surface area (Å²) in [5.74, 6) is -0.0487. The Bertz CT molecular complexity index is 205. The second-order valence-electron chi connectivity index (χ2n) is 4.26. The van der Waals surface area contributed by atoms with E-state index >= 15 is 0 Å². The van der Waals surface area contributed by atoms with Crippen LogP contribution in [0.3, 0.4) is 0 Å². The summed E-state index contributed by atoms with van der Waals surface area (Å²) in [6.07, 6.45) is 3.72. The second kappa shape index (κ2) is 7.60. The third-order valence-electron chi connectivity index (χ3n) is 2.64. The van der Waals surface area contributed by atoms with Crippen LogP contribution in [0, 0.1) is 0 Å². The van der Waals surface area contributed by atoms with Crippen LogP contribution >= 0.6 is 0 Å². The first-order valence-electron chi connectivity index (χ1n) is 5.90. The van der Waals surface area contributed by atoms with E-state index < -0.39 is 0 Å². The largest absolute Gasteiger partial charge is 0.395 e. The Labute approximate surface area is 96.8 Å². The highest BCUT2D eigenvalue weighted by molar-refractivity contribution is 5.77. The number of rotatable bonds is 6. The minimum Gasteiger partial charge on any atom is -0.395 e. The van der Waals surface area contributed by atoms with Gasteiger partial charge in [-0.25, -0.2) is 0 Å². The molecule has 0 aromatic rings. The molecule has 0 bridgehead atoms. The predicted molar refractivity (Wildman–Crippen MR) is 61.2 cm³/mol. The Balaban J connectivity index is 2.13. The van der Waals surface area contributed by atoms with Crippen molar-refractivity contribution in [3.8, 4) is 0 Å². The van der Waals surface area contributed by atoms with Crippen LogP contribution in [-0.2, 0) is 9.53 Å².